The Labute approximate surface area is 335 Å². The Morgan fingerprint density at radius 3 is 1.58 bits per heavy atom. The molecular weight excluding hydrogens is 691 g/mol. The summed E-state index contributed by atoms with van der Waals surface area (Å²) in [7, 11) is 5.37. The van der Waals surface area contributed by atoms with Crippen molar-refractivity contribution < 1.29 is 38.2 Å². The van der Waals surface area contributed by atoms with Crippen molar-refractivity contribution >= 4 is 17.9 Å². The average molecular weight is 768 g/mol. The lowest BCUT2D eigenvalue weighted by Gasteiger charge is -2.34. The number of unbranched alkanes of at least 4 members (excludes halogenated alkanes) is 8. The molecule has 0 aromatic heterocycles. The van der Waals surface area contributed by atoms with E-state index in [9.17, 15) is 19.5 Å². The van der Waals surface area contributed by atoms with Gasteiger partial charge in [0.25, 0.3) is 0 Å². The third-order valence-electron chi connectivity index (χ3n) is 8.77. The average Bonchev–Trinajstić information content (AvgIpc) is 3.14. The predicted octanol–water partition coefficient (Wildman–Crippen LogP) is 10.0. The summed E-state index contributed by atoms with van der Waals surface area (Å²) < 4.78 is 17.0. The van der Waals surface area contributed by atoms with E-state index in [1.807, 2.05) is 0 Å². The SMILES string of the molecule is CC/C=C/C/C=C/C/C=C/C/C=C/C/C=C/C/C=C/CCCC(=O)OCC(COCCC(C(=O)[O-])[N+](C)(C)C)OC(=O)CCCCCCC/C=C/CCCC. The van der Waals surface area contributed by atoms with Crippen LogP contribution in [0.4, 0.5) is 0 Å². The monoisotopic (exact) mass is 768 g/mol. The molecule has 8 nitrogen and oxygen atoms in total. The quantitative estimate of drug-likeness (QED) is 0.0271. The smallest absolute Gasteiger partial charge is 0.306 e. The highest BCUT2D eigenvalue weighted by atomic mass is 16.6. The van der Waals surface area contributed by atoms with Gasteiger partial charge < -0.3 is 28.6 Å². The van der Waals surface area contributed by atoms with Gasteiger partial charge in [0.05, 0.1) is 40.3 Å². The lowest BCUT2D eigenvalue weighted by atomic mass is 10.1. The molecule has 0 saturated heterocycles. The van der Waals surface area contributed by atoms with Crippen LogP contribution in [0.15, 0.2) is 85.1 Å². The number of ether oxygens (including phenoxy) is 3. The fourth-order valence-corrected chi connectivity index (χ4v) is 5.47. The number of hydrogen-bond donors (Lipinski definition) is 0. The van der Waals surface area contributed by atoms with Gasteiger partial charge in [-0.1, -0.05) is 131 Å². The number of hydrogen-bond acceptors (Lipinski definition) is 7. The van der Waals surface area contributed by atoms with Gasteiger partial charge in [-0.05, 0) is 77.0 Å². The van der Waals surface area contributed by atoms with Gasteiger partial charge >= 0.3 is 11.9 Å². The number of carboxylic acid groups (broad SMARTS) is 1. The van der Waals surface area contributed by atoms with Crippen molar-refractivity contribution in [1.29, 1.82) is 0 Å². The van der Waals surface area contributed by atoms with Crippen molar-refractivity contribution in [3.05, 3.63) is 85.1 Å². The predicted molar refractivity (Wildman–Crippen MR) is 226 cm³/mol. The second-order valence-corrected chi connectivity index (χ2v) is 14.8. The lowest BCUT2D eigenvalue weighted by Crippen LogP contribution is -2.55. The van der Waals surface area contributed by atoms with E-state index in [1.54, 1.807) is 21.1 Å². The van der Waals surface area contributed by atoms with Crippen LogP contribution in [0.1, 0.15) is 142 Å². The zero-order valence-corrected chi connectivity index (χ0v) is 35.3. The molecule has 0 aliphatic heterocycles. The van der Waals surface area contributed by atoms with Crippen molar-refractivity contribution in [2.75, 3.05) is 41.0 Å². The van der Waals surface area contributed by atoms with Crippen LogP contribution in [0.25, 0.3) is 0 Å². The third-order valence-corrected chi connectivity index (χ3v) is 8.77. The molecule has 0 aliphatic rings. The number of carbonyl (C=O) groups is 3. The molecule has 0 spiro atoms. The molecule has 0 amide bonds. The molecule has 0 N–H and O–H groups in total. The molecular formula is C47H77NO7. The van der Waals surface area contributed by atoms with Crippen LogP contribution in [0.2, 0.25) is 0 Å². The van der Waals surface area contributed by atoms with Gasteiger partial charge in [0.1, 0.15) is 12.6 Å². The first-order valence-electron chi connectivity index (χ1n) is 21.1. The highest BCUT2D eigenvalue weighted by Crippen LogP contribution is 2.12. The third kappa shape index (κ3) is 35.9. The Morgan fingerprint density at radius 1 is 0.564 bits per heavy atom. The summed E-state index contributed by atoms with van der Waals surface area (Å²) in [5.74, 6) is -1.84. The Morgan fingerprint density at radius 2 is 1.04 bits per heavy atom. The maximum Gasteiger partial charge on any atom is 0.306 e. The standard InChI is InChI=1S/C47H77NO7/c1-6-8-10-12-14-16-18-19-20-21-22-23-24-25-26-28-29-31-33-35-37-45(49)54-42-43(41-53-40-39-44(47(51)52)48(3,4)5)55-46(50)38-36-34-32-30-27-17-15-13-11-9-7-2/h8,10,13-16,19-20,22-23,25-26,29,31,43-44H,6-7,9,11-12,17-18,21,24,27-28,30,32-42H2,1-5H3/b10-8+,15-13+,16-14+,20-19+,23-22+,26-25+,31-29+. The Hall–Kier alpha value is -3.49. The number of allylic oxidation sites excluding steroid dienone is 14. The molecule has 55 heavy (non-hydrogen) atoms. The van der Waals surface area contributed by atoms with Gasteiger partial charge in [-0.3, -0.25) is 9.59 Å². The van der Waals surface area contributed by atoms with Crippen molar-refractivity contribution in [3.63, 3.8) is 0 Å². The fraction of sp³-hybridized carbons (Fsp3) is 0.638. The highest BCUT2D eigenvalue weighted by molar-refractivity contribution is 5.70. The number of carbonyl (C=O) groups excluding carboxylic acids is 3. The van der Waals surface area contributed by atoms with E-state index in [2.05, 4.69) is 98.9 Å². The Kier molecular flexibility index (Phi) is 35.1. The molecule has 0 aromatic rings. The van der Waals surface area contributed by atoms with Crippen LogP contribution in [0.5, 0.6) is 0 Å². The van der Waals surface area contributed by atoms with Crippen LogP contribution in [0.3, 0.4) is 0 Å². The van der Waals surface area contributed by atoms with Crippen molar-refractivity contribution in [2.45, 2.75) is 154 Å². The normalized spacial score (nSPS) is 13.8. The first-order valence-corrected chi connectivity index (χ1v) is 21.1. The van der Waals surface area contributed by atoms with E-state index in [4.69, 9.17) is 14.2 Å². The topological polar surface area (TPSA) is 102 Å². The Bertz CT molecular complexity index is 1170. The van der Waals surface area contributed by atoms with Gasteiger partial charge in [-0.2, -0.15) is 0 Å². The largest absolute Gasteiger partial charge is 0.544 e. The van der Waals surface area contributed by atoms with Crippen LogP contribution in [0, 0.1) is 0 Å². The highest BCUT2D eigenvalue weighted by Gasteiger charge is 2.25. The van der Waals surface area contributed by atoms with Gasteiger partial charge in [-0.15, -0.1) is 0 Å². The number of quaternary nitrogens is 1. The number of rotatable bonds is 36. The summed E-state index contributed by atoms with van der Waals surface area (Å²) in [6, 6.07) is -0.739. The molecule has 0 bridgehead atoms. The molecule has 8 heteroatoms. The van der Waals surface area contributed by atoms with Crippen molar-refractivity contribution in [1.82, 2.24) is 0 Å². The maximum atomic E-state index is 12.7. The van der Waals surface area contributed by atoms with Crippen molar-refractivity contribution in [3.8, 4) is 0 Å². The van der Waals surface area contributed by atoms with Crippen LogP contribution in [-0.2, 0) is 28.6 Å². The minimum absolute atomic E-state index is 0.0141. The molecule has 0 saturated carbocycles. The molecule has 0 rings (SSSR count). The van der Waals surface area contributed by atoms with Crippen LogP contribution >= 0.6 is 0 Å². The summed E-state index contributed by atoms with van der Waals surface area (Å²) in [5.41, 5.74) is 0. The van der Waals surface area contributed by atoms with E-state index < -0.39 is 18.1 Å². The van der Waals surface area contributed by atoms with Crippen LogP contribution in [-0.4, -0.2) is 75.5 Å². The van der Waals surface area contributed by atoms with Gasteiger partial charge in [0, 0.05) is 19.3 Å². The summed E-state index contributed by atoms with van der Waals surface area (Å²) in [5, 5.41) is 11.6. The number of likely N-dealkylation sites (N-methyl/N-ethyl adjacent to an activating group) is 1. The van der Waals surface area contributed by atoms with E-state index in [1.165, 1.54) is 12.8 Å². The van der Waals surface area contributed by atoms with Crippen LogP contribution < -0.4 is 5.11 Å². The number of carboxylic acids is 1. The zero-order valence-electron chi connectivity index (χ0n) is 35.3. The molecule has 0 radical (unpaired) electrons. The summed E-state index contributed by atoms with van der Waals surface area (Å²) >= 11 is 0. The van der Waals surface area contributed by atoms with E-state index in [-0.39, 0.29) is 49.1 Å². The maximum absolute atomic E-state index is 12.7. The molecule has 0 aliphatic carbocycles. The summed E-state index contributed by atoms with van der Waals surface area (Å²) in [4.78, 5) is 36.7. The molecule has 2 unspecified atom stereocenters. The fourth-order valence-electron chi connectivity index (χ4n) is 5.47. The van der Waals surface area contributed by atoms with Gasteiger partial charge in [0.15, 0.2) is 6.10 Å². The number of nitrogens with zero attached hydrogens (tertiary/aromatic N) is 1. The first-order chi connectivity index (χ1) is 26.6. The van der Waals surface area contributed by atoms with E-state index >= 15 is 0 Å². The van der Waals surface area contributed by atoms with E-state index in [0.717, 1.165) is 89.9 Å². The van der Waals surface area contributed by atoms with Gasteiger partial charge in [-0.25, -0.2) is 0 Å². The molecule has 312 valence electrons. The molecule has 0 aromatic carbocycles. The number of aliphatic carboxylic acids is 1. The minimum Gasteiger partial charge on any atom is -0.544 e. The molecule has 0 heterocycles. The first kappa shape index (κ1) is 51.5. The van der Waals surface area contributed by atoms with Crippen molar-refractivity contribution in [2.24, 2.45) is 0 Å². The summed E-state index contributed by atoms with van der Waals surface area (Å²) in [6.45, 7) is 4.41. The zero-order chi connectivity index (χ0) is 40.7. The lowest BCUT2D eigenvalue weighted by molar-refractivity contribution is -0.889. The second kappa shape index (κ2) is 37.4. The molecule has 2 atom stereocenters. The second-order valence-electron chi connectivity index (χ2n) is 14.8. The summed E-state index contributed by atoms with van der Waals surface area (Å²) in [6.07, 6.45) is 47.6. The van der Waals surface area contributed by atoms with Gasteiger partial charge in [0.2, 0.25) is 0 Å². The number of esters is 2. The minimum atomic E-state index is -1.14. The van der Waals surface area contributed by atoms with E-state index in [0.29, 0.717) is 12.8 Å². The molecule has 0 fully saturated rings. The Balaban J connectivity index is 4.46.